The lowest BCUT2D eigenvalue weighted by molar-refractivity contribution is 0.139. The summed E-state index contributed by atoms with van der Waals surface area (Å²) < 4.78 is 0. The molecule has 15 heavy (non-hydrogen) atoms. The van der Waals surface area contributed by atoms with Crippen LogP contribution in [0.1, 0.15) is 33.1 Å². The second-order valence-electron chi connectivity index (χ2n) is 6.01. The Morgan fingerprint density at radius 3 is 2.60 bits per heavy atom. The van der Waals surface area contributed by atoms with Crippen molar-refractivity contribution >= 4 is 0 Å². The number of nitrogens with zero attached hydrogens (tertiary/aromatic N) is 1. The Balaban J connectivity index is 1.77. The van der Waals surface area contributed by atoms with Crippen molar-refractivity contribution in [1.82, 2.24) is 10.2 Å². The summed E-state index contributed by atoms with van der Waals surface area (Å²) in [5, 5.41) is 3.76. The van der Waals surface area contributed by atoms with Crippen LogP contribution in [-0.2, 0) is 0 Å². The molecule has 2 heteroatoms. The third kappa shape index (κ3) is 3.46. The molecule has 0 aromatic rings. The van der Waals surface area contributed by atoms with Gasteiger partial charge in [-0.05, 0) is 50.6 Å². The van der Waals surface area contributed by atoms with Gasteiger partial charge in [0.05, 0.1) is 0 Å². The van der Waals surface area contributed by atoms with Crippen LogP contribution in [0.5, 0.6) is 0 Å². The van der Waals surface area contributed by atoms with Crippen LogP contribution in [0.15, 0.2) is 0 Å². The molecule has 0 radical (unpaired) electrons. The molecule has 1 N–H and O–H groups in total. The maximum Gasteiger partial charge on any atom is 0.0198 e. The Kier molecular flexibility index (Phi) is 3.68. The Bertz CT molecular complexity index is 199. The zero-order valence-electron chi connectivity index (χ0n) is 10.5. The van der Waals surface area contributed by atoms with E-state index in [0.717, 1.165) is 23.8 Å². The van der Waals surface area contributed by atoms with E-state index in [1.807, 2.05) is 0 Å². The molecule has 2 fully saturated rings. The van der Waals surface area contributed by atoms with Gasteiger partial charge in [-0.3, -0.25) is 0 Å². The first-order valence-corrected chi connectivity index (χ1v) is 6.57. The Labute approximate surface area is 94.4 Å². The second-order valence-corrected chi connectivity index (χ2v) is 6.01. The standard InChI is InChI=1S/C13H26N2/c1-10(2)12-6-13(9-15(3)8-12)14-7-11-4-5-11/h10-14H,4-9H2,1-3H3. The minimum Gasteiger partial charge on any atom is -0.312 e. The van der Waals surface area contributed by atoms with Crippen molar-refractivity contribution in [1.29, 1.82) is 0 Å². The highest BCUT2D eigenvalue weighted by Crippen LogP contribution is 2.29. The Hall–Kier alpha value is -0.0800. The fourth-order valence-electron chi connectivity index (χ4n) is 2.65. The van der Waals surface area contributed by atoms with Gasteiger partial charge < -0.3 is 10.2 Å². The van der Waals surface area contributed by atoms with E-state index < -0.39 is 0 Å². The summed E-state index contributed by atoms with van der Waals surface area (Å²) in [4.78, 5) is 2.50. The van der Waals surface area contributed by atoms with E-state index in [0.29, 0.717) is 0 Å². The van der Waals surface area contributed by atoms with Crippen molar-refractivity contribution in [2.75, 3.05) is 26.7 Å². The van der Waals surface area contributed by atoms with Gasteiger partial charge in [0.2, 0.25) is 0 Å². The number of piperidine rings is 1. The highest BCUT2D eigenvalue weighted by atomic mass is 15.1. The molecule has 1 heterocycles. The molecule has 1 saturated heterocycles. The number of rotatable bonds is 4. The first-order valence-electron chi connectivity index (χ1n) is 6.57. The summed E-state index contributed by atoms with van der Waals surface area (Å²) in [5.74, 6) is 2.73. The smallest absolute Gasteiger partial charge is 0.0198 e. The van der Waals surface area contributed by atoms with Crippen molar-refractivity contribution < 1.29 is 0 Å². The second kappa shape index (κ2) is 4.84. The van der Waals surface area contributed by atoms with E-state index in [-0.39, 0.29) is 0 Å². The number of hydrogen-bond donors (Lipinski definition) is 1. The van der Waals surface area contributed by atoms with Crippen LogP contribution in [-0.4, -0.2) is 37.6 Å². The molecule has 0 bridgehead atoms. The van der Waals surface area contributed by atoms with Crippen LogP contribution in [0.3, 0.4) is 0 Å². The van der Waals surface area contributed by atoms with Crippen molar-refractivity contribution in [3.63, 3.8) is 0 Å². The zero-order valence-corrected chi connectivity index (χ0v) is 10.5. The fraction of sp³-hybridized carbons (Fsp3) is 1.00. The summed E-state index contributed by atoms with van der Waals surface area (Å²) in [6.45, 7) is 8.53. The molecule has 88 valence electrons. The van der Waals surface area contributed by atoms with Gasteiger partial charge in [-0.2, -0.15) is 0 Å². The highest BCUT2D eigenvalue weighted by molar-refractivity contribution is 4.85. The topological polar surface area (TPSA) is 15.3 Å². The Morgan fingerprint density at radius 2 is 2.00 bits per heavy atom. The number of hydrogen-bond acceptors (Lipinski definition) is 2. The maximum atomic E-state index is 3.76. The molecule has 1 aliphatic heterocycles. The lowest BCUT2D eigenvalue weighted by Gasteiger charge is -2.38. The van der Waals surface area contributed by atoms with Crippen molar-refractivity contribution in [2.45, 2.75) is 39.2 Å². The SMILES string of the molecule is CC(C)C1CC(NCC2CC2)CN(C)C1. The average Bonchev–Trinajstić information content (AvgIpc) is 2.97. The van der Waals surface area contributed by atoms with Crippen molar-refractivity contribution in [3.05, 3.63) is 0 Å². The van der Waals surface area contributed by atoms with Gasteiger partial charge >= 0.3 is 0 Å². The molecule has 0 aromatic heterocycles. The molecule has 0 aromatic carbocycles. The Morgan fingerprint density at radius 1 is 1.27 bits per heavy atom. The molecule has 2 rings (SSSR count). The largest absolute Gasteiger partial charge is 0.312 e. The molecule has 2 unspecified atom stereocenters. The van der Waals surface area contributed by atoms with E-state index in [4.69, 9.17) is 0 Å². The van der Waals surface area contributed by atoms with Crippen LogP contribution in [0, 0.1) is 17.8 Å². The molecular formula is C13H26N2. The van der Waals surface area contributed by atoms with Crippen molar-refractivity contribution in [2.24, 2.45) is 17.8 Å². The van der Waals surface area contributed by atoms with Gasteiger partial charge in [-0.1, -0.05) is 13.8 Å². The van der Waals surface area contributed by atoms with E-state index >= 15 is 0 Å². The van der Waals surface area contributed by atoms with Gasteiger partial charge in [0.15, 0.2) is 0 Å². The maximum absolute atomic E-state index is 3.76. The third-order valence-electron chi connectivity index (χ3n) is 4.00. The number of nitrogens with one attached hydrogen (secondary N) is 1. The van der Waals surface area contributed by atoms with Gasteiger partial charge in [0.25, 0.3) is 0 Å². The molecule has 1 saturated carbocycles. The van der Waals surface area contributed by atoms with Crippen LogP contribution in [0.2, 0.25) is 0 Å². The predicted molar refractivity (Wildman–Crippen MR) is 65.0 cm³/mol. The molecule has 2 aliphatic rings. The molecule has 1 aliphatic carbocycles. The van der Waals surface area contributed by atoms with E-state index in [2.05, 4.69) is 31.1 Å². The lowest BCUT2D eigenvalue weighted by Crippen LogP contribution is -2.49. The fourth-order valence-corrected chi connectivity index (χ4v) is 2.65. The van der Waals surface area contributed by atoms with Gasteiger partial charge in [0, 0.05) is 19.1 Å². The summed E-state index contributed by atoms with van der Waals surface area (Å²) in [5.41, 5.74) is 0. The normalized spacial score (nSPS) is 33.6. The minimum atomic E-state index is 0.747. The summed E-state index contributed by atoms with van der Waals surface area (Å²) in [7, 11) is 2.26. The van der Waals surface area contributed by atoms with Gasteiger partial charge in [-0.25, -0.2) is 0 Å². The lowest BCUT2D eigenvalue weighted by atomic mass is 9.86. The van der Waals surface area contributed by atoms with Gasteiger partial charge in [-0.15, -0.1) is 0 Å². The highest BCUT2D eigenvalue weighted by Gasteiger charge is 2.28. The van der Waals surface area contributed by atoms with E-state index in [1.54, 1.807) is 0 Å². The van der Waals surface area contributed by atoms with Crippen LogP contribution in [0.4, 0.5) is 0 Å². The van der Waals surface area contributed by atoms with E-state index in [9.17, 15) is 0 Å². The molecule has 2 nitrogen and oxygen atoms in total. The van der Waals surface area contributed by atoms with Crippen LogP contribution < -0.4 is 5.32 Å². The average molecular weight is 210 g/mol. The molecule has 2 atom stereocenters. The van der Waals surface area contributed by atoms with Crippen molar-refractivity contribution in [3.8, 4) is 0 Å². The minimum absolute atomic E-state index is 0.747. The number of likely N-dealkylation sites (tertiary alicyclic amines) is 1. The summed E-state index contributed by atoms with van der Waals surface area (Å²) in [6.07, 6.45) is 4.31. The number of likely N-dealkylation sites (N-methyl/N-ethyl adjacent to an activating group) is 1. The molecule has 0 spiro atoms. The van der Waals surface area contributed by atoms with Crippen LogP contribution in [0.25, 0.3) is 0 Å². The zero-order chi connectivity index (χ0) is 10.8. The third-order valence-corrected chi connectivity index (χ3v) is 4.00. The van der Waals surface area contributed by atoms with Gasteiger partial charge in [0.1, 0.15) is 0 Å². The first kappa shape index (κ1) is 11.4. The van der Waals surface area contributed by atoms with Crippen LogP contribution >= 0.6 is 0 Å². The molecular weight excluding hydrogens is 184 g/mol. The molecule has 0 amide bonds. The summed E-state index contributed by atoms with van der Waals surface area (Å²) >= 11 is 0. The summed E-state index contributed by atoms with van der Waals surface area (Å²) in [6, 6.07) is 0.747. The predicted octanol–water partition coefficient (Wildman–Crippen LogP) is 1.96. The van der Waals surface area contributed by atoms with E-state index in [1.165, 1.54) is 38.9 Å². The monoisotopic (exact) mass is 210 g/mol. The quantitative estimate of drug-likeness (QED) is 0.763. The first-order chi connectivity index (χ1) is 7.15.